The van der Waals surface area contributed by atoms with E-state index in [0.29, 0.717) is 5.56 Å². The van der Waals surface area contributed by atoms with Gasteiger partial charge in [0.1, 0.15) is 0 Å². The van der Waals surface area contributed by atoms with Crippen LogP contribution in [-0.4, -0.2) is 44.7 Å². The Morgan fingerprint density at radius 1 is 1.24 bits per heavy atom. The monoisotopic (exact) mass is 439 g/mol. The summed E-state index contributed by atoms with van der Waals surface area (Å²) in [5.41, 5.74) is -0.726. The molecule has 2 bridgehead atoms. The van der Waals surface area contributed by atoms with Crippen LogP contribution < -0.4 is 9.47 Å². The van der Waals surface area contributed by atoms with Crippen LogP contribution in [0.15, 0.2) is 18.2 Å². The van der Waals surface area contributed by atoms with Crippen molar-refractivity contribution in [1.29, 1.82) is 5.26 Å². The van der Waals surface area contributed by atoms with Gasteiger partial charge in [0.05, 0.1) is 17.5 Å². The Hall–Kier alpha value is -2.32. The Morgan fingerprint density at radius 3 is 2.55 bits per heavy atom. The molecule has 2 amide bonds. The second-order valence-electron chi connectivity index (χ2n) is 8.06. The van der Waals surface area contributed by atoms with Crippen molar-refractivity contribution in [3.63, 3.8) is 0 Å². The summed E-state index contributed by atoms with van der Waals surface area (Å²) in [5.74, 6) is -0.929. The molecule has 0 aliphatic carbocycles. The van der Waals surface area contributed by atoms with Crippen molar-refractivity contribution in [2.45, 2.75) is 42.3 Å². The lowest BCUT2D eigenvalue weighted by atomic mass is 9.79. The van der Waals surface area contributed by atoms with E-state index in [1.165, 1.54) is 28.0 Å². The van der Waals surface area contributed by atoms with Crippen LogP contribution in [0.3, 0.4) is 0 Å². The molecule has 152 valence electrons. The first-order chi connectivity index (χ1) is 13.4. The largest absolute Gasteiger partial charge is 0.586 e. The summed E-state index contributed by atoms with van der Waals surface area (Å²) in [6.45, 7) is 3.31. The van der Waals surface area contributed by atoms with Crippen molar-refractivity contribution < 1.29 is 27.8 Å². The zero-order valence-electron chi connectivity index (χ0n) is 15.6. The first-order valence-electron chi connectivity index (χ1n) is 8.77. The molecule has 4 aliphatic rings. The molecule has 0 saturated carbocycles. The van der Waals surface area contributed by atoms with Gasteiger partial charge in [-0.3, -0.25) is 9.59 Å². The molecular weight excluding hydrogens is 424 g/mol. The van der Waals surface area contributed by atoms with Crippen molar-refractivity contribution in [3.8, 4) is 17.6 Å². The van der Waals surface area contributed by atoms with Gasteiger partial charge < -0.3 is 19.3 Å². The number of fused-ring (bicyclic) bond motifs is 2. The van der Waals surface area contributed by atoms with Crippen LogP contribution in [0.5, 0.6) is 11.5 Å². The van der Waals surface area contributed by atoms with Gasteiger partial charge in [0, 0.05) is 13.5 Å². The molecule has 4 unspecified atom stereocenters. The minimum absolute atomic E-state index is 0.0862. The average Bonchev–Trinajstić information content (AvgIpc) is 3.22. The number of piperazine rings is 1. The lowest BCUT2D eigenvalue weighted by Crippen LogP contribution is -2.60. The fraction of sp³-hybridized carbons (Fsp3) is 0.500. The summed E-state index contributed by atoms with van der Waals surface area (Å²) in [6.07, 6.45) is -3.69. The molecule has 4 aliphatic heterocycles. The number of likely N-dealkylation sites (N-methyl/N-ethyl adjacent to an activating group) is 1. The fourth-order valence-corrected chi connectivity index (χ4v) is 8.50. The number of amides is 2. The molecule has 1 aromatic rings. The van der Waals surface area contributed by atoms with E-state index in [0.717, 1.165) is 0 Å². The third-order valence-corrected chi connectivity index (χ3v) is 10.5. The van der Waals surface area contributed by atoms with Crippen LogP contribution in [0.25, 0.3) is 0 Å². The highest BCUT2D eigenvalue weighted by atomic mass is 32.8. The normalized spacial score (nSPS) is 41.1. The Bertz CT molecular complexity index is 1090. The lowest BCUT2D eigenvalue weighted by Gasteiger charge is -2.39. The van der Waals surface area contributed by atoms with Crippen molar-refractivity contribution >= 4 is 32.5 Å². The summed E-state index contributed by atoms with van der Waals surface area (Å²) in [7, 11) is 0.475. The molecule has 1 aromatic carbocycles. The molecule has 5 atom stereocenters. The molecule has 3 saturated heterocycles. The smallest absolute Gasteiger partial charge is 0.395 e. The van der Waals surface area contributed by atoms with E-state index in [1.54, 1.807) is 20.9 Å². The molecule has 3 fully saturated rings. The third kappa shape index (κ3) is 1.87. The zero-order chi connectivity index (χ0) is 21.1. The van der Waals surface area contributed by atoms with Crippen LogP contribution in [0.1, 0.15) is 31.9 Å². The summed E-state index contributed by atoms with van der Waals surface area (Å²) < 4.78 is 35.8. The van der Waals surface area contributed by atoms with E-state index in [2.05, 4.69) is 15.5 Å². The molecule has 0 radical (unpaired) electrons. The quantitative estimate of drug-likeness (QED) is 0.664. The standard InChI is InChI=1S/C18H15F2N3O4S2/c1-15(8-21)7-17-14(25)22(3)16(2,29(17)28)13(24)23(17)12(15)9-4-5-10-11(6-9)27-18(19,20)26-10/h4-6,12H,7H2,1-3H3/t12?,15-,16?,17?,29?/m1/s1. The van der Waals surface area contributed by atoms with Crippen LogP contribution in [-0.2, 0) is 30.2 Å². The Kier molecular flexibility index (Phi) is 3.25. The number of benzene rings is 1. The summed E-state index contributed by atoms with van der Waals surface area (Å²) in [6, 6.07) is 5.58. The number of nitrogens with zero attached hydrogens (tertiary/aromatic N) is 3. The second-order valence-corrected chi connectivity index (χ2v) is 11.1. The van der Waals surface area contributed by atoms with Crippen molar-refractivity contribution in [2.75, 3.05) is 7.05 Å². The lowest BCUT2D eigenvalue weighted by molar-refractivity contribution is -0.286. The Labute approximate surface area is 171 Å². The number of rotatable bonds is 1. The van der Waals surface area contributed by atoms with E-state index < -0.39 is 36.9 Å². The van der Waals surface area contributed by atoms with Crippen LogP contribution in [0.2, 0.25) is 0 Å². The van der Waals surface area contributed by atoms with Gasteiger partial charge in [-0.05, 0) is 42.7 Å². The Balaban J connectivity index is 1.69. The van der Waals surface area contributed by atoms with E-state index in [-0.39, 0.29) is 29.7 Å². The fourth-order valence-electron chi connectivity index (χ4n) is 4.98. The number of ether oxygens (including phenoxy) is 2. The Morgan fingerprint density at radius 2 is 1.90 bits per heavy atom. The zero-order valence-corrected chi connectivity index (χ0v) is 17.2. The van der Waals surface area contributed by atoms with E-state index in [9.17, 15) is 23.6 Å². The second kappa shape index (κ2) is 5.05. The van der Waals surface area contributed by atoms with Crippen molar-refractivity contribution in [2.24, 2.45) is 5.41 Å². The molecule has 7 nitrogen and oxygen atoms in total. The predicted molar refractivity (Wildman–Crippen MR) is 99.2 cm³/mol. The predicted octanol–water partition coefficient (Wildman–Crippen LogP) is 1.79. The maximum Gasteiger partial charge on any atom is 0.586 e. The number of carbonyl (C=O) groups excluding carboxylic acids is 2. The van der Waals surface area contributed by atoms with Gasteiger partial charge in [0.15, 0.2) is 21.2 Å². The molecule has 0 aromatic heterocycles. The van der Waals surface area contributed by atoms with Gasteiger partial charge in [-0.1, -0.05) is 15.5 Å². The van der Waals surface area contributed by atoms with Crippen LogP contribution in [0.4, 0.5) is 8.78 Å². The third-order valence-electron chi connectivity index (χ3n) is 6.42. The van der Waals surface area contributed by atoms with E-state index in [4.69, 9.17) is 11.2 Å². The van der Waals surface area contributed by atoms with Gasteiger partial charge in [0.2, 0.25) is 0 Å². The average molecular weight is 439 g/mol. The number of nitriles is 1. The molecule has 4 heterocycles. The van der Waals surface area contributed by atoms with Crippen molar-refractivity contribution in [1.82, 2.24) is 9.80 Å². The number of carbonyl (C=O) groups is 2. The SMILES string of the molecule is CN1C(=O)C23C[C@](C)(C#N)C(c4ccc5c(c4)OC(F)(F)O5)N2C(=O)C1(C)S3=S. The molecule has 29 heavy (non-hydrogen) atoms. The minimum Gasteiger partial charge on any atom is -0.395 e. The van der Waals surface area contributed by atoms with E-state index >= 15 is 0 Å². The number of hydrogen-bond donors (Lipinski definition) is 0. The first-order valence-corrected chi connectivity index (χ1v) is 10.9. The maximum absolute atomic E-state index is 13.4. The highest BCUT2D eigenvalue weighted by Gasteiger charge is 2.80. The topological polar surface area (TPSA) is 82.9 Å². The van der Waals surface area contributed by atoms with Crippen LogP contribution in [0, 0.1) is 16.7 Å². The molecule has 11 heteroatoms. The maximum atomic E-state index is 13.4. The number of hydrogen-bond acceptors (Lipinski definition) is 6. The summed E-state index contributed by atoms with van der Waals surface area (Å²) in [5, 5.41) is 9.98. The van der Waals surface area contributed by atoms with Crippen LogP contribution >= 0.6 is 0 Å². The van der Waals surface area contributed by atoms with Gasteiger partial charge >= 0.3 is 6.29 Å². The van der Waals surface area contributed by atoms with Gasteiger partial charge in [-0.2, -0.15) is 5.26 Å². The molecule has 5 rings (SSSR count). The molecular formula is C18H15F2N3O4S2. The first kappa shape index (κ1) is 18.7. The summed E-state index contributed by atoms with van der Waals surface area (Å²) >= 11 is 5.70. The molecule has 1 spiro atoms. The summed E-state index contributed by atoms with van der Waals surface area (Å²) in [4.78, 5) is 27.0. The highest BCUT2D eigenvalue weighted by molar-refractivity contribution is 8.31. The number of halogens is 2. The number of alkyl halides is 2. The highest BCUT2D eigenvalue weighted by Crippen LogP contribution is 2.65. The van der Waals surface area contributed by atoms with Gasteiger partial charge in [-0.25, -0.2) is 0 Å². The van der Waals surface area contributed by atoms with E-state index in [1.807, 2.05) is 0 Å². The van der Waals surface area contributed by atoms with Crippen molar-refractivity contribution in [3.05, 3.63) is 23.8 Å². The molecule has 0 N–H and O–H groups in total. The van der Waals surface area contributed by atoms with Gasteiger partial charge in [-0.15, -0.1) is 8.78 Å². The minimum atomic E-state index is -3.78. The van der Waals surface area contributed by atoms with Gasteiger partial charge in [0.25, 0.3) is 11.8 Å².